The highest BCUT2D eigenvalue weighted by Gasteiger charge is 2.40. The van der Waals surface area contributed by atoms with E-state index in [1.165, 1.54) is 89.4 Å². The summed E-state index contributed by atoms with van der Waals surface area (Å²) in [5.41, 5.74) is 11.4. The Morgan fingerprint density at radius 3 is 2.38 bits per heavy atom. The van der Waals surface area contributed by atoms with E-state index >= 15 is 0 Å². The van der Waals surface area contributed by atoms with Crippen LogP contribution in [0.4, 0.5) is 5.69 Å². The predicted octanol–water partition coefficient (Wildman–Crippen LogP) is 11.0. The van der Waals surface area contributed by atoms with Crippen molar-refractivity contribution in [3.8, 4) is 0 Å². The Bertz CT molecular complexity index is 1700. The molecule has 0 amide bonds. The van der Waals surface area contributed by atoms with Crippen molar-refractivity contribution in [1.29, 1.82) is 0 Å². The Morgan fingerprint density at radius 1 is 0.980 bits per heavy atom. The molecule has 3 unspecified atom stereocenters. The van der Waals surface area contributed by atoms with E-state index < -0.39 is 0 Å². The Balaban J connectivity index is 1.18. The molecule has 6 rings (SSSR count). The van der Waals surface area contributed by atoms with Crippen LogP contribution in [0.2, 0.25) is 5.02 Å². The van der Waals surface area contributed by atoms with Crippen molar-refractivity contribution in [3.05, 3.63) is 124 Å². The number of hydrogen-bond acceptors (Lipinski definition) is 3. The van der Waals surface area contributed by atoms with Crippen LogP contribution in [0.15, 0.2) is 85.1 Å². The van der Waals surface area contributed by atoms with Gasteiger partial charge in [0.25, 0.3) is 0 Å². The summed E-state index contributed by atoms with van der Waals surface area (Å²) < 4.78 is 0. The van der Waals surface area contributed by atoms with Crippen LogP contribution in [0.1, 0.15) is 99.4 Å². The highest BCUT2D eigenvalue weighted by atomic mass is 35.5. The molecule has 5 heteroatoms. The van der Waals surface area contributed by atoms with Crippen LogP contribution in [0.5, 0.6) is 0 Å². The average Bonchev–Trinajstić information content (AvgIpc) is 3.66. The molecule has 3 aromatic rings. The van der Waals surface area contributed by atoms with Gasteiger partial charge in [0.1, 0.15) is 0 Å². The van der Waals surface area contributed by atoms with E-state index in [1.807, 2.05) is 6.07 Å². The number of H-pyrrole nitrogens is 1. The molecule has 2 aromatic carbocycles. The maximum absolute atomic E-state index is 6.64. The second-order valence-electron chi connectivity index (χ2n) is 15.0. The van der Waals surface area contributed by atoms with Gasteiger partial charge in [0.15, 0.2) is 0 Å². The summed E-state index contributed by atoms with van der Waals surface area (Å²) in [6, 6.07) is 18.9. The molecule has 2 saturated heterocycles. The van der Waals surface area contributed by atoms with Crippen molar-refractivity contribution in [3.63, 3.8) is 0 Å². The number of piperidine rings is 1. The molecule has 2 aliphatic heterocycles. The zero-order valence-corrected chi connectivity index (χ0v) is 32.1. The lowest BCUT2D eigenvalue weighted by atomic mass is 9.85. The third kappa shape index (κ3) is 7.72. The first-order valence-electron chi connectivity index (χ1n) is 19.3. The summed E-state index contributed by atoms with van der Waals surface area (Å²) in [5.74, 6) is 0.836. The highest BCUT2D eigenvalue weighted by molar-refractivity contribution is 6.30. The van der Waals surface area contributed by atoms with E-state index in [1.54, 1.807) is 0 Å². The smallest absolute Gasteiger partial charge is 0.0445 e. The van der Waals surface area contributed by atoms with Crippen molar-refractivity contribution in [2.45, 2.75) is 91.6 Å². The van der Waals surface area contributed by atoms with E-state index in [0.717, 1.165) is 37.1 Å². The van der Waals surface area contributed by atoms with Crippen molar-refractivity contribution >= 4 is 28.9 Å². The molecule has 4 nitrogen and oxygen atoms in total. The Labute approximate surface area is 307 Å². The lowest BCUT2D eigenvalue weighted by Gasteiger charge is -2.39. The van der Waals surface area contributed by atoms with Gasteiger partial charge in [-0.1, -0.05) is 81.5 Å². The number of halogens is 1. The van der Waals surface area contributed by atoms with E-state index in [9.17, 15) is 0 Å². The summed E-state index contributed by atoms with van der Waals surface area (Å²) in [6.45, 7) is 24.0. The molecule has 1 aliphatic carbocycles. The fraction of sp³-hybridized carbons (Fsp3) is 0.467. The van der Waals surface area contributed by atoms with E-state index in [0.29, 0.717) is 11.8 Å². The van der Waals surface area contributed by atoms with Gasteiger partial charge in [-0.3, -0.25) is 0 Å². The summed E-state index contributed by atoms with van der Waals surface area (Å²) in [7, 11) is 0. The minimum Gasteiger partial charge on any atom is -0.371 e. The van der Waals surface area contributed by atoms with Gasteiger partial charge in [-0.05, 0) is 130 Å². The lowest BCUT2D eigenvalue weighted by molar-refractivity contribution is 0.169. The lowest BCUT2D eigenvalue weighted by Crippen LogP contribution is -2.45. The van der Waals surface area contributed by atoms with E-state index in [4.69, 9.17) is 18.2 Å². The van der Waals surface area contributed by atoms with Gasteiger partial charge in [-0.15, -0.1) is 0 Å². The quantitative estimate of drug-likeness (QED) is 0.193. The number of benzene rings is 2. The number of anilines is 1. The SMILES string of the molecule is C=C1C2C=C(c3ccc(N4CCC(N(CCC)CCC)CC4)cc3)C=CC2CN1C(C)[C@@H](c1cc(C)c(/C=C\CC)[nH]1)c1cc(Cl)ccc1C. The first-order valence-corrected chi connectivity index (χ1v) is 19.7. The van der Waals surface area contributed by atoms with Crippen LogP contribution in [0.25, 0.3) is 11.6 Å². The zero-order valence-electron chi connectivity index (χ0n) is 31.4. The predicted molar refractivity (Wildman–Crippen MR) is 216 cm³/mol. The molecule has 0 spiro atoms. The van der Waals surface area contributed by atoms with Gasteiger partial charge >= 0.3 is 0 Å². The number of rotatable bonds is 13. The Morgan fingerprint density at radius 2 is 1.70 bits per heavy atom. The summed E-state index contributed by atoms with van der Waals surface area (Å²) in [4.78, 5) is 11.7. The van der Waals surface area contributed by atoms with Crippen molar-refractivity contribution in [1.82, 2.24) is 14.8 Å². The van der Waals surface area contributed by atoms with Gasteiger partial charge in [-0.2, -0.15) is 0 Å². The second-order valence-corrected chi connectivity index (χ2v) is 15.4. The van der Waals surface area contributed by atoms with Gasteiger partial charge in [0.05, 0.1) is 0 Å². The molecule has 4 atom stereocenters. The Hall–Kier alpha value is -3.47. The molecule has 2 fully saturated rings. The molecule has 3 aliphatic rings. The summed E-state index contributed by atoms with van der Waals surface area (Å²) in [6.07, 6.45) is 17.7. The molecule has 50 heavy (non-hydrogen) atoms. The van der Waals surface area contributed by atoms with Crippen molar-refractivity contribution in [2.24, 2.45) is 11.8 Å². The normalized spacial score (nSPS) is 21.0. The number of aryl methyl sites for hydroxylation is 2. The van der Waals surface area contributed by atoms with Crippen LogP contribution in [-0.2, 0) is 0 Å². The molecule has 266 valence electrons. The second kappa shape index (κ2) is 16.3. The van der Waals surface area contributed by atoms with Crippen molar-refractivity contribution < 1.29 is 0 Å². The molecule has 0 bridgehead atoms. The number of fused-ring (bicyclic) bond motifs is 1. The van der Waals surface area contributed by atoms with Crippen LogP contribution >= 0.6 is 11.6 Å². The number of nitrogens with one attached hydrogen (secondary N) is 1. The standard InChI is InChI=1S/C45H59ClN4/c1-8-11-12-43-32(5)27-44(47-43)45(41-29-38(46)18-13-31(41)4)34(7)50-30-37-15-14-36(28-42(37)33(50)6)35-16-19-39(20-17-35)49-25-21-40(22-26-49)48(23-9-2)24-10-3/h11-20,27-29,34,37,40,42,45,47H,6,8-10,21-26,30H2,1-5,7H3/b12-11-/t34?,37?,42?,45-/m1/s1. The van der Waals surface area contributed by atoms with Crippen LogP contribution in [0, 0.1) is 25.7 Å². The molecule has 1 aromatic heterocycles. The first kappa shape index (κ1) is 36.3. The monoisotopic (exact) mass is 690 g/mol. The van der Waals surface area contributed by atoms with Crippen LogP contribution < -0.4 is 4.90 Å². The maximum atomic E-state index is 6.64. The summed E-state index contributed by atoms with van der Waals surface area (Å²) >= 11 is 6.64. The molecule has 3 heterocycles. The molecule has 0 saturated carbocycles. The van der Waals surface area contributed by atoms with Gasteiger partial charge in [-0.25, -0.2) is 0 Å². The maximum Gasteiger partial charge on any atom is 0.0445 e. The fourth-order valence-electron chi connectivity index (χ4n) is 8.79. The number of aromatic amines is 1. The van der Waals surface area contributed by atoms with Gasteiger partial charge in [0.2, 0.25) is 0 Å². The number of aromatic nitrogens is 1. The third-order valence-electron chi connectivity index (χ3n) is 11.6. The largest absolute Gasteiger partial charge is 0.371 e. The number of allylic oxidation sites excluding steroid dienone is 4. The van der Waals surface area contributed by atoms with Gasteiger partial charge in [0, 0.05) is 77.3 Å². The number of likely N-dealkylation sites (tertiary alicyclic amines) is 1. The Kier molecular flexibility index (Phi) is 11.8. The highest BCUT2D eigenvalue weighted by Crippen LogP contribution is 2.44. The fourth-order valence-corrected chi connectivity index (χ4v) is 8.97. The first-order chi connectivity index (χ1) is 24.2. The number of nitrogens with zero attached hydrogens (tertiary/aromatic N) is 3. The molecule has 0 radical (unpaired) electrons. The average molecular weight is 691 g/mol. The van der Waals surface area contributed by atoms with Crippen LogP contribution in [0.3, 0.4) is 0 Å². The summed E-state index contributed by atoms with van der Waals surface area (Å²) in [5, 5.41) is 0.780. The van der Waals surface area contributed by atoms with Crippen molar-refractivity contribution in [2.75, 3.05) is 37.6 Å². The molecular formula is C45H59ClN4. The van der Waals surface area contributed by atoms with Gasteiger partial charge < -0.3 is 19.7 Å². The zero-order chi connectivity index (χ0) is 35.4. The van der Waals surface area contributed by atoms with E-state index in [-0.39, 0.29) is 12.0 Å². The minimum absolute atomic E-state index is 0.125. The topological polar surface area (TPSA) is 25.5 Å². The molecular weight excluding hydrogens is 632 g/mol. The van der Waals surface area contributed by atoms with Crippen LogP contribution in [-0.4, -0.2) is 59.6 Å². The minimum atomic E-state index is 0.125. The number of hydrogen-bond donors (Lipinski definition) is 1. The molecule has 1 N–H and O–H groups in total. The van der Waals surface area contributed by atoms with E-state index in [2.05, 4.69) is 134 Å². The third-order valence-corrected chi connectivity index (χ3v) is 11.8.